The van der Waals surface area contributed by atoms with Gasteiger partial charge in [-0.15, -0.1) is 0 Å². The fraction of sp³-hybridized carbons (Fsp3) is 0.494. The number of phenols is 1. The molecule has 0 spiro atoms. The summed E-state index contributed by atoms with van der Waals surface area (Å²) in [5, 5.41) is 55.7. The Morgan fingerprint density at radius 1 is 0.844 bits per heavy atom. The average molecular weight is 1790 g/mol. The van der Waals surface area contributed by atoms with E-state index in [2.05, 4.69) is 47.5 Å². The highest BCUT2D eigenvalue weighted by molar-refractivity contribution is 8.77. The number of benzene rings is 4. The number of rotatable bonds is 27. The minimum Gasteiger partial charge on any atom is -0.508 e. The summed E-state index contributed by atoms with van der Waals surface area (Å²) in [5.74, 6) is -10.8. The highest BCUT2D eigenvalue weighted by atomic mass is 35.5. The number of hydrogen-bond acceptors (Lipinski definition) is 26. The Morgan fingerprint density at radius 2 is 1.52 bits per heavy atom. The molecule has 0 radical (unpaired) electrons. The van der Waals surface area contributed by atoms with Gasteiger partial charge in [-0.05, 0) is 119 Å². The van der Waals surface area contributed by atoms with Gasteiger partial charge in [-0.1, -0.05) is 146 Å². The molecule has 4 aromatic carbocycles. The molecule has 18 N–H and O–H groups in total. The number of H-pyrrole nitrogens is 1. The van der Waals surface area contributed by atoms with Crippen LogP contribution in [0.3, 0.4) is 0 Å². The number of nitrogens with two attached hydrogens (primary N) is 3. The number of nitrogens with zero attached hydrogens (tertiary/aromatic N) is 2. The lowest BCUT2D eigenvalue weighted by atomic mass is 9.83. The van der Waals surface area contributed by atoms with Crippen molar-refractivity contribution < 1.29 is 96.5 Å². The minimum absolute atomic E-state index is 0.0522. The van der Waals surface area contributed by atoms with Crippen LogP contribution in [0, 0.1) is 5.92 Å². The molecular formula is C83H109ClN14O20S4. The number of ether oxygens (including phenoxy) is 5. The number of carbonyl (C=O) groups excluding carboxylic acids is 12. The molecule has 4 aliphatic heterocycles. The van der Waals surface area contributed by atoms with Gasteiger partial charge in [-0.2, -0.15) is 0 Å². The Morgan fingerprint density at radius 3 is 2.20 bits per heavy atom. The van der Waals surface area contributed by atoms with Gasteiger partial charge in [0.05, 0.1) is 37.5 Å². The molecule has 11 amide bonds. The van der Waals surface area contributed by atoms with E-state index in [0.717, 1.165) is 53.6 Å². The molecule has 662 valence electrons. The van der Waals surface area contributed by atoms with Crippen molar-refractivity contribution in [2.45, 2.75) is 195 Å². The molecule has 1 unspecified atom stereocenters. The number of primary amides is 1. The summed E-state index contributed by atoms with van der Waals surface area (Å²) < 4.78 is 29.7. The highest BCUT2D eigenvalue weighted by Gasteiger charge is 2.65. The number of methoxy groups -OCH3 is 2. The van der Waals surface area contributed by atoms with Crippen molar-refractivity contribution in [3.63, 3.8) is 0 Å². The predicted molar refractivity (Wildman–Crippen MR) is 465 cm³/mol. The maximum atomic E-state index is 15.1. The summed E-state index contributed by atoms with van der Waals surface area (Å²) in [7, 11) is 9.72. The van der Waals surface area contributed by atoms with Crippen molar-refractivity contribution in [3.05, 3.63) is 148 Å². The number of halogens is 1. The summed E-state index contributed by atoms with van der Waals surface area (Å²) in [5.41, 5.74) is 19.2. The molecule has 39 heteroatoms. The van der Waals surface area contributed by atoms with Gasteiger partial charge in [0, 0.05) is 92.9 Å². The molecule has 4 aliphatic rings. The molecule has 1 aromatic heterocycles. The van der Waals surface area contributed by atoms with Gasteiger partial charge in [0.1, 0.15) is 88.8 Å². The van der Waals surface area contributed by atoms with Crippen molar-refractivity contribution in [2.24, 2.45) is 23.1 Å². The Hall–Kier alpha value is -9.61. The van der Waals surface area contributed by atoms with Crippen LogP contribution < -0.4 is 69.4 Å². The SMILES string of the molecule is COc1cc2cc(c1Cl)N(C)C(=O)C[C@H](OC(=O)[C@H](C)N(C)C(=O)CCSSC[C@H](NC(=O)[C@@H]1CSSC[C@H](NC(=O)[C@H](N)Cc3ccccc3)C(=O)N[C@@H](Cc3ccc(O)cc3)C(=O)N[C@H](Cc3c[nH]c4ccccc34)C(=O)N[C@@H](CCCCN)C(=O)N[C@@H]([C@@H](C)O)C(=O)N1)C(N)=O)[C@]1(C)OC1[C@H](C)[C@@H]1C[C@@](O)(NC(=O)O1)[C@H](OC)/C=C/C=C(\C)C2. The van der Waals surface area contributed by atoms with Crippen LogP contribution >= 0.6 is 54.8 Å². The van der Waals surface area contributed by atoms with Gasteiger partial charge in [0.25, 0.3) is 0 Å². The quantitative estimate of drug-likeness (QED) is 0.0155. The highest BCUT2D eigenvalue weighted by Crippen LogP contribution is 2.49. The smallest absolute Gasteiger partial charge is 0.409 e. The third kappa shape index (κ3) is 26.0. The number of nitrogens with one attached hydrogen (secondary N) is 9. The van der Waals surface area contributed by atoms with E-state index in [0.29, 0.717) is 46.0 Å². The number of allylic oxidation sites excluding steroid dienone is 3. The first-order valence-corrected chi connectivity index (χ1v) is 45.2. The second-order valence-electron chi connectivity index (χ2n) is 30.8. The predicted octanol–water partition coefficient (Wildman–Crippen LogP) is 3.31. The molecule has 9 rings (SSSR count). The normalized spacial score (nSPS) is 26.5. The summed E-state index contributed by atoms with van der Waals surface area (Å²) in [6, 6.07) is 12.0. The van der Waals surface area contributed by atoms with E-state index in [1.165, 1.54) is 71.3 Å². The zero-order valence-corrected chi connectivity index (χ0v) is 73.2. The first kappa shape index (κ1) is 96.2. The first-order chi connectivity index (χ1) is 58.0. The molecule has 4 bridgehead atoms. The van der Waals surface area contributed by atoms with Crippen LogP contribution in [0.25, 0.3) is 10.9 Å². The third-order valence-corrected chi connectivity index (χ3v) is 27.0. The molecule has 5 aromatic rings. The van der Waals surface area contributed by atoms with E-state index >= 15 is 9.59 Å². The number of para-hydroxylation sites is 1. The maximum Gasteiger partial charge on any atom is 0.409 e. The third-order valence-electron chi connectivity index (χ3n) is 21.7. The van der Waals surface area contributed by atoms with E-state index in [4.69, 9.17) is 52.5 Å². The second-order valence-corrected chi connectivity index (χ2v) is 36.4. The maximum absolute atomic E-state index is 15.1. The number of fused-ring (bicyclic) bond motifs is 6. The number of phenolic OH excluding ortho intramolecular Hbond substituents is 1. The number of alkyl carbamates (subject to hydrolysis) is 1. The lowest BCUT2D eigenvalue weighted by Crippen LogP contribution is -2.63. The molecule has 0 saturated carbocycles. The number of amides is 11. The van der Waals surface area contributed by atoms with E-state index in [1.54, 1.807) is 92.9 Å². The molecule has 122 heavy (non-hydrogen) atoms. The zero-order valence-electron chi connectivity index (χ0n) is 69.2. The van der Waals surface area contributed by atoms with Crippen molar-refractivity contribution in [3.8, 4) is 11.5 Å². The van der Waals surface area contributed by atoms with Gasteiger partial charge in [-0.25, -0.2) is 9.59 Å². The number of carbonyl (C=O) groups is 12. The minimum atomic E-state index is -1.95. The number of aromatic hydroxyl groups is 1. The van der Waals surface area contributed by atoms with Gasteiger partial charge in [-0.3, -0.25) is 53.3 Å². The van der Waals surface area contributed by atoms with Crippen LogP contribution in [-0.2, 0) is 97.4 Å². The molecular weight excluding hydrogens is 1680 g/mol. The average Bonchev–Trinajstić information content (AvgIpc) is 1.57. The van der Waals surface area contributed by atoms with Gasteiger partial charge in [0.2, 0.25) is 59.1 Å². The summed E-state index contributed by atoms with van der Waals surface area (Å²) in [6.07, 6.45) is -0.267. The molecule has 0 aliphatic carbocycles. The van der Waals surface area contributed by atoms with Crippen LogP contribution in [0.4, 0.5) is 10.5 Å². The zero-order chi connectivity index (χ0) is 88.9. The fourth-order valence-electron chi connectivity index (χ4n) is 14.3. The number of aromatic amines is 1. The molecule has 3 saturated heterocycles. The van der Waals surface area contributed by atoms with Gasteiger partial charge >= 0.3 is 12.1 Å². The monoisotopic (exact) mass is 1780 g/mol. The number of unbranched alkanes of at least 4 members (excludes halogenated alkanes) is 1. The molecule has 5 heterocycles. The van der Waals surface area contributed by atoms with Crippen molar-refractivity contribution in [1.82, 2.24) is 52.4 Å². The summed E-state index contributed by atoms with van der Waals surface area (Å²) >= 11 is 6.89. The van der Waals surface area contributed by atoms with Crippen LogP contribution in [-0.4, -0.2) is 250 Å². The van der Waals surface area contributed by atoms with E-state index in [1.807, 2.05) is 19.1 Å². The van der Waals surface area contributed by atoms with Crippen LogP contribution in [0.1, 0.15) is 95.4 Å². The number of anilines is 1. The lowest BCUT2D eigenvalue weighted by molar-refractivity contribution is -0.162. The number of aliphatic hydroxyl groups is 2. The Bertz CT molecular complexity index is 4630. The topological polar surface area (TPSA) is 512 Å². The number of likely N-dealkylation sites (N-methyl/N-ethyl adjacent to an activating group) is 1. The van der Waals surface area contributed by atoms with E-state index in [-0.39, 0.29) is 96.7 Å². The Kier molecular flexibility index (Phi) is 35.2. The number of aliphatic hydroxyl groups excluding tert-OH is 1. The number of aromatic nitrogens is 1. The molecule has 3 fully saturated rings. The van der Waals surface area contributed by atoms with E-state index in [9.17, 15) is 63.3 Å². The van der Waals surface area contributed by atoms with Gasteiger partial charge in [0.15, 0.2) is 5.72 Å². The van der Waals surface area contributed by atoms with Crippen molar-refractivity contribution in [1.29, 1.82) is 0 Å². The van der Waals surface area contributed by atoms with Gasteiger partial charge < -0.3 is 108 Å². The summed E-state index contributed by atoms with van der Waals surface area (Å²) in [4.78, 5) is 179. The van der Waals surface area contributed by atoms with Crippen LogP contribution in [0.15, 0.2) is 121 Å². The van der Waals surface area contributed by atoms with Crippen molar-refractivity contribution in [2.75, 3.05) is 62.8 Å². The van der Waals surface area contributed by atoms with Crippen LogP contribution in [0.5, 0.6) is 11.5 Å². The van der Waals surface area contributed by atoms with E-state index < -0.39 is 180 Å². The fourth-order valence-corrected chi connectivity index (χ4v) is 19.1. The number of esters is 1. The number of epoxide rings is 1. The molecule has 17 atom stereocenters. The number of hydrogen-bond donors (Lipinski definition) is 15. The standard InChI is InChI=1S/C83H109ClN14O20S4/c1-44-18-17-24-65(115-9)83(113)39-64(116-81(112)96-83)45(2)71-82(5,118-71)66(38-68(102)98(7)62-35-50(32-44)36-63(114-8)69(62)84)117-80(111)46(3)97(6)67(101)29-31-119-120-41-59(72(87)103)92-78(109)61-43-122-121-42-60(93-73(104)54(86)33-48-19-11-10-12-20-48)77(108)90-57(34-49-25-27-52(100)28-26-49)75(106)91-58(37-51-40-88-55-22-14-13-21-53(51)55)76(107)89-56(23-15-16-30-85)74(105)95-70(47(4)99)79(110)94-61/h10-14,17-22,24-28,35-36,40,45-47,54,56-61,64-66,70-71,88,99-100,113H,15-16,23,29-34,37-39,41-43,85-86H2,1-9H3,(H2,87,103)(H,89,107)(H,90,108)(H,91,106)(H,92,109)(H,93,104)(H,94,110)(H,95,105)(H,96,112)/b24-17+,44-18+/t45-,46+,47-,54-,56+,57+,58-,59+,60+,61+,64+,65-,66+,70+,71?,82+,83+/m1/s1. The first-order valence-electron chi connectivity index (χ1n) is 39.8. The van der Waals surface area contributed by atoms with Crippen LogP contribution in [0.2, 0.25) is 5.02 Å². The van der Waals surface area contributed by atoms with Crippen molar-refractivity contribution >= 4 is 143 Å². The second kappa shape index (κ2) is 44.6. The molecule has 34 nitrogen and oxygen atoms in total. The summed E-state index contributed by atoms with van der Waals surface area (Å²) in [6.45, 7) is 8.07. The Balaban J connectivity index is 0.910. The Labute approximate surface area is 727 Å². The largest absolute Gasteiger partial charge is 0.508 e. The lowest BCUT2D eigenvalue weighted by Gasteiger charge is -2.42.